The molecule has 0 aromatic heterocycles. The molecule has 0 amide bonds. The summed E-state index contributed by atoms with van der Waals surface area (Å²) >= 11 is 0. The number of rotatable bonds is 2. The van der Waals surface area contributed by atoms with Crippen LogP contribution < -0.4 is 0 Å². The lowest BCUT2D eigenvalue weighted by atomic mass is 9.81. The molecule has 358 valence electrons. The van der Waals surface area contributed by atoms with E-state index in [2.05, 4.69) is 275 Å². The number of hydrogen-bond acceptors (Lipinski definition) is 0. The van der Waals surface area contributed by atoms with Crippen LogP contribution in [0.25, 0.3) is 54.9 Å². The van der Waals surface area contributed by atoms with Crippen LogP contribution in [-0.4, -0.2) is 0 Å². The molecule has 12 rings (SSSR count). The van der Waals surface area contributed by atoms with Crippen molar-refractivity contribution in [1.82, 2.24) is 0 Å². The molecule has 0 heterocycles. The Morgan fingerprint density at radius 2 is 0.887 bits per heavy atom. The van der Waals surface area contributed by atoms with Gasteiger partial charge in [-0.25, -0.2) is 0 Å². The van der Waals surface area contributed by atoms with Crippen LogP contribution in [0.3, 0.4) is 0 Å². The van der Waals surface area contributed by atoms with E-state index in [0.717, 1.165) is 0 Å². The van der Waals surface area contributed by atoms with Crippen LogP contribution in [0, 0.1) is 48.5 Å². The first kappa shape index (κ1) is 51.6. The van der Waals surface area contributed by atoms with Gasteiger partial charge < -0.3 is 0 Å². The Labute approximate surface area is 427 Å². The summed E-state index contributed by atoms with van der Waals surface area (Å²) in [6.45, 7) is 26.1. The summed E-state index contributed by atoms with van der Waals surface area (Å²) in [6, 6.07) is 75.9. The molecule has 2 aliphatic rings. The first-order valence-corrected chi connectivity index (χ1v) is 25.8. The van der Waals surface area contributed by atoms with Crippen LogP contribution in [0.4, 0.5) is 0 Å². The summed E-state index contributed by atoms with van der Waals surface area (Å²) in [5, 5.41) is 5.45. The van der Waals surface area contributed by atoms with E-state index >= 15 is 0 Å². The first-order valence-electron chi connectivity index (χ1n) is 25.8. The lowest BCUT2D eigenvalue weighted by molar-refractivity contribution is 0.659. The standard InChI is InChI=1S/C21H20.C16H16.C13H12.C11H10.C8H10.C2H6/c1-13-9-10-17-18(11-13)21(3,4)19-12-14(2)15-7-5-6-8-16(15)20(17)19;1-3-12-13-8-4-5-9-14(13)15-10-6-7-11(2)16(12)15;1-11-6-5-9-13(10-11)12-7-3-2-4-8-12;1-9-5-4-7-10-6-2-3-8-11(9)10;1-7-4-3-5-8(2)6-7;1-2/h5-12H,1-4H3;4-10,12H,3H2,1-2H3;2-10H,1H3;2-8H,1H3;3-6H,1-2H3;1-2H3. The monoisotopic (exact) mass is 927 g/mol. The van der Waals surface area contributed by atoms with E-state index in [-0.39, 0.29) is 5.41 Å². The molecule has 0 saturated carbocycles. The minimum atomic E-state index is 0.0888. The maximum Gasteiger partial charge on any atom is 0.0159 e. The Kier molecular flexibility index (Phi) is 17.1. The Morgan fingerprint density at radius 1 is 0.366 bits per heavy atom. The molecular weight excluding hydrogens is 853 g/mol. The molecule has 0 aliphatic heterocycles. The van der Waals surface area contributed by atoms with Crippen molar-refractivity contribution in [2.24, 2.45) is 0 Å². The highest BCUT2D eigenvalue weighted by atomic mass is 14.4. The predicted molar refractivity (Wildman–Crippen MR) is 312 cm³/mol. The molecule has 2 aliphatic carbocycles. The van der Waals surface area contributed by atoms with Gasteiger partial charge in [-0.3, -0.25) is 0 Å². The molecule has 0 radical (unpaired) electrons. The van der Waals surface area contributed by atoms with E-state index < -0.39 is 0 Å². The highest BCUT2D eigenvalue weighted by Crippen LogP contribution is 2.52. The molecule has 10 aromatic rings. The summed E-state index contributed by atoms with van der Waals surface area (Å²) < 4.78 is 0. The van der Waals surface area contributed by atoms with Gasteiger partial charge in [0.15, 0.2) is 0 Å². The Hall–Kier alpha value is -7.28. The van der Waals surface area contributed by atoms with Gasteiger partial charge in [0.05, 0.1) is 0 Å². The van der Waals surface area contributed by atoms with E-state index in [1.54, 1.807) is 5.56 Å². The maximum absolute atomic E-state index is 2.40. The molecule has 0 N–H and O–H groups in total. The topological polar surface area (TPSA) is 0 Å². The van der Waals surface area contributed by atoms with Crippen LogP contribution >= 0.6 is 0 Å². The van der Waals surface area contributed by atoms with Crippen molar-refractivity contribution in [2.75, 3.05) is 0 Å². The predicted octanol–water partition coefficient (Wildman–Crippen LogP) is 20.4. The van der Waals surface area contributed by atoms with E-state index in [1.165, 1.54) is 117 Å². The minimum absolute atomic E-state index is 0.0888. The number of hydrogen-bond donors (Lipinski definition) is 0. The van der Waals surface area contributed by atoms with Gasteiger partial charge in [-0.15, -0.1) is 0 Å². The quantitative estimate of drug-likeness (QED) is 0.162. The fourth-order valence-electron chi connectivity index (χ4n) is 10.5. The van der Waals surface area contributed by atoms with E-state index in [1.807, 2.05) is 19.9 Å². The molecule has 71 heavy (non-hydrogen) atoms. The van der Waals surface area contributed by atoms with E-state index in [9.17, 15) is 0 Å². The number of benzene rings is 10. The molecule has 0 nitrogen and oxygen atoms in total. The molecule has 0 heteroatoms. The molecule has 10 aromatic carbocycles. The normalized spacial score (nSPS) is 12.8. The van der Waals surface area contributed by atoms with Crippen LogP contribution in [0.15, 0.2) is 212 Å². The van der Waals surface area contributed by atoms with Gasteiger partial charge >= 0.3 is 0 Å². The third kappa shape index (κ3) is 11.7. The van der Waals surface area contributed by atoms with Gasteiger partial charge in [0.2, 0.25) is 0 Å². The fraction of sp³-hybridized carbons (Fsp3) is 0.211. The first-order chi connectivity index (χ1) is 34.3. The van der Waals surface area contributed by atoms with Crippen molar-refractivity contribution in [3.8, 4) is 33.4 Å². The van der Waals surface area contributed by atoms with Crippen molar-refractivity contribution >= 4 is 21.5 Å². The van der Waals surface area contributed by atoms with E-state index in [4.69, 9.17) is 0 Å². The Balaban J connectivity index is 0.000000134. The van der Waals surface area contributed by atoms with Crippen molar-refractivity contribution in [1.29, 1.82) is 0 Å². The molecule has 0 fully saturated rings. The van der Waals surface area contributed by atoms with E-state index in [0.29, 0.717) is 5.92 Å². The summed E-state index contributed by atoms with van der Waals surface area (Å²) in [4.78, 5) is 0. The van der Waals surface area contributed by atoms with Crippen molar-refractivity contribution in [2.45, 2.75) is 101 Å². The summed E-state index contributed by atoms with van der Waals surface area (Å²) in [5.41, 5.74) is 23.9. The third-order valence-electron chi connectivity index (χ3n) is 14.1. The average Bonchev–Trinajstić information content (AvgIpc) is 3.84. The average molecular weight is 927 g/mol. The zero-order valence-corrected chi connectivity index (χ0v) is 44.5. The highest BCUT2D eigenvalue weighted by molar-refractivity contribution is 6.04. The molecular formula is C71H74. The molecule has 1 unspecified atom stereocenters. The van der Waals surface area contributed by atoms with Gasteiger partial charge in [-0.2, -0.15) is 0 Å². The lowest BCUT2D eigenvalue weighted by Gasteiger charge is -2.22. The zero-order valence-electron chi connectivity index (χ0n) is 44.5. The smallest absolute Gasteiger partial charge is 0.0159 e. The minimum Gasteiger partial charge on any atom is -0.0683 e. The van der Waals surface area contributed by atoms with Crippen molar-refractivity contribution in [3.05, 3.63) is 274 Å². The molecule has 1 atom stereocenters. The third-order valence-corrected chi connectivity index (χ3v) is 14.1. The van der Waals surface area contributed by atoms with Crippen LogP contribution in [0.2, 0.25) is 0 Å². The van der Waals surface area contributed by atoms with Crippen LogP contribution in [0.5, 0.6) is 0 Å². The van der Waals surface area contributed by atoms with Gasteiger partial charge in [-0.05, 0) is 149 Å². The lowest BCUT2D eigenvalue weighted by Crippen LogP contribution is -2.15. The Morgan fingerprint density at radius 3 is 1.55 bits per heavy atom. The fourth-order valence-corrected chi connectivity index (χ4v) is 10.5. The number of aryl methyl sites for hydroxylation is 7. The second-order valence-corrected chi connectivity index (χ2v) is 19.6. The van der Waals surface area contributed by atoms with Gasteiger partial charge in [0, 0.05) is 11.3 Å². The second-order valence-electron chi connectivity index (χ2n) is 19.6. The molecule has 0 spiro atoms. The summed E-state index contributed by atoms with van der Waals surface area (Å²) in [5.74, 6) is 0.604. The van der Waals surface area contributed by atoms with Gasteiger partial charge in [0.1, 0.15) is 0 Å². The summed E-state index contributed by atoms with van der Waals surface area (Å²) in [7, 11) is 0. The largest absolute Gasteiger partial charge is 0.0683 e. The van der Waals surface area contributed by atoms with Crippen molar-refractivity contribution < 1.29 is 0 Å². The maximum atomic E-state index is 2.40. The summed E-state index contributed by atoms with van der Waals surface area (Å²) in [6.07, 6.45) is 1.19. The van der Waals surface area contributed by atoms with Crippen LogP contribution in [-0.2, 0) is 5.41 Å². The van der Waals surface area contributed by atoms with Crippen molar-refractivity contribution in [3.63, 3.8) is 0 Å². The highest BCUT2D eigenvalue weighted by Gasteiger charge is 2.36. The van der Waals surface area contributed by atoms with Gasteiger partial charge in [-0.1, -0.05) is 269 Å². The number of fused-ring (bicyclic) bond motifs is 9. The Bertz CT molecular complexity index is 3340. The SMILES string of the molecule is CC.CCC1c2ccccc2-c2cccc(C)c21.Cc1ccc2c(c1)C(C)(C)c1cc(C)c3ccccc3c1-2.Cc1cccc(-c2ccccc2)c1.Cc1cccc(C)c1.Cc1cccc2ccccc12. The molecule has 0 bridgehead atoms. The van der Waals surface area contributed by atoms with Crippen LogP contribution in [0.1, 0.15) is 108 Å². The zero-order chi connectivity index (χ0) is 50.7. The molecule has 0 saturated heterocycles. The van der Waals surface area contributed by atoms with Gasteiger partial charge in [0.25, 0.3) is 0 Å². The second kappa shape index (κ2) is 23.6.